The first-order valence-corrected chi connectivity index (χ1v) is 16.7. The van der Waals surface area contributed by atoms with E-state index in [1.165, 1.54) is 17.0 Å². The molecule has 4 aromatic carbocycles. The van der Waals surface area contributed by atoms with Gasteiger partial charge in [-0.3, -0.25) is 13.9 Å². The van der Waals surface area contributed by atoms with Crippen LogP contribution in [-0.2, 0) is 32.6 Å². The van der Waals surface area contributed by atoms with Crippen molar-refractivity contribution in [1.82, 2.24) is 10.2 Å². The Labute approximate surface area is 270 Å². The van der Waals surface area contributed by atoms with Crippen LogP contribution in [0.5, 0.6) is 11.5 Å². The summed E-state index contributed by atoms with van der Waals surface area (Å²) in [5.74, 6) is 0.0300. The Hall–Kier alpha value is -4.83. The number of amides is 2. The monoisotopic (exact) mass is 641 g/mol. The van der Waals surface area contributed by atoms with Gasteiger partial charge in [0.05, 0.1) is 10.6 Å². The minimum atomic E-state index is -4.23. The van der Waals surface area contributed by atoms with Gasteiger partial charge < -0.3 is 19.7 Å². The lowest BCUT2D eigenvalue weighted by atomic mass is 10.0. The van der Waals surface area contributed by atoms with E-state index < -0.39 is 28.5 Å². The highest BCUT2D eigenvalue weighted by atomic mass is 32.2. The second-order valence-electron chi connectivity index (χ2n) is 11.5. The predicted molar refractivity (Wildman–Crippen MR) is 177 cm³/mol. The minimum Gasteiger partial charge on any atom is -0.486 e. The summed E-state index contributed by atoms with van der Waals surface area (Å²) in [5.41, 5.74) is 2.91. The lowest BCUT2D eigenvalue weighted by Gasteiger charge is -2.34. The van der Waals surface area contributed by atoms with Crippen LogP contribution in [0.3, 0.4) is 0 Å². The van der Waals surface area contributed by atoms with Crippen molar-refractivity contribution in [2.24, 2.45) is 0 Å². The Bertz CT molecular complexity index is 1760. The molecule has 1 aliphatic rings. The number of ether oxygens (including phenoxy) is 2. The third-order valence-corrected chi connectivity index (χ3v) is 9.52. The van der Waals surface area contributed by atoms with Crippen molar-refractivity contribution in [2.45, 2.75) is 50.7 Å². The van der Waals surface area contributed by atoms with Crippen LogP contribution in [0.15, 0.2) is 108 Å². The molecule has 0 radical (unpaired) electrons. The molecule has 0 aliphatic carbocycles. The van der Waals surface area contributed by atoms with Gasteiger partial charge in [0.25, 0.3) is 10.0 Å². The number of sulfonamides is 1. The molecule has 10 heteroatoms. The molecule has 4 aromatic rings. The highest BCUT2D eigenvalue weighted by Crippen LogP contribution is 2.36. The number of hydrogen-bond acceptors (Lipinski definition) is 6. The highest BCUT2D eigenvalue weighted by Gasteiger charge is 2.35. The number of nitrogens with zero attached hydrogens (tertiary/aromatic N) is 2. The van der Waals surface area contributed by atoms with Gasteiger partial charge in [0.15, 0.2) is 11.5 Å². The third kappa shape index (κ3) is 7.69. The standard InChI is InChI=1S/C36H39N3O6S/c1-26(2)37-36(41)32(22-28-13-6-4-7-14-28)38(24-29-15-11-10-12-27(29)3)35(40)25-39(46(42,43)31-16-8-5-9-17-31)30-18-19-33-34(23-30)45-21-20-44-33/h4-19,23,26,32H,20-22,24-25H2,1-3H3,(H,37,41)/t32-/m0/s1. The van der Waals surface area contributed by atoms with Crippen LogP contribution in [0.25, 0.3) is 0 Å². The Morgan fingerprint density at radius 3 is 2.13 bits per heavy atom. The fourth-order valence-corrected chi connectivity index (χ4v) is 6.77. The number of aryl methyl sites for hydroxylation is 1. The Morgan fingerprint density at radius 2 is 1.46 bits per heavy atom. The summed E-state index contributed by atoms with van der Waals surface area (Å²) in [6, 6.07) is 28.8. The van der Waals surface area contributed by atoms with Gasteiger partial charge in [0.1, 0.15) is 25.8 Å². The predicted octanol–water partition coefficient (Wildman–Crippen LogP) is 5.13. The summed E-state index contributed by atoms with van der Waals surface area (Å²) in [6.45, 7) is 5.92. The second kappa shape index (κ2) is 14.5. The Morgan fingerprint density at radius 1 is 0.826 bits per heavy atom. The van der Waals surface area contributed by atoms with Crippen molar-refractivity contribution in [1.29, 1.82) is 0 Å². The van der Waals surface area contributed by atoms with Crippen molar-refractivity contribution in [3.05, 3.63) is 120 Å². The van der Waals surface area contributed by atoms with Crippen molar-refractivity contribution < 1.29 is 27.5 Å². The number of anilines is 1. The van der Waals surface area contributed by atoms with E-state index in [0.717, 1.165) is 21.0 Å². The van der Waals surface area contributed by atoms with E-state index >= 15 is 0 Å². The first kappa shape index (κ1) is 32.6. The smallest absolute Gasteiger partial charge is 0.264 e. The van der Waals surface area contributed by atoms with Crippen LogP contribution in [0.4, 0.5) is 5.69 Å². The summed E-state index contributed by atoms with van der Waals surface area (Å²) >= 11 is 0. The molecular weight excluding hydrogens is 602 g/mol. The van der Waals surface area contributed by atoms with E-state index in [2.05, 4.69) is 5.32 Å². The molecule has 0 fully saturated rings. The molecule has 1 heterocycles. The quantitative estimate of drug-likeness (QED) is 0.230. The zero-order valence-corrected chi connectivity index (χ0v) is 27.1. The summed E-state index contributed by atoms with van der Waals surface area (Å²) in [4.78, 5) is 30.0. The Balaban J connectivity index is 1.59. The number of nitrogens with one attached hydrogen (secondary N) is 1. The van der Waals surface area contributed by atoms with Crippen molar-refractivity contribution >= 4 is 27.5 Å². The summed E-state index contributed by atoms with van der Waals surface area (Å²) in [6.07, 6.45) is 0.243. The van der Waals surface area contributed by atoms with E-state index in [1.807, 2.05) is 75.4 Å². The van der Waals surface area contributed by atoms with Gasteiger partial charge in [-0.1, -0.05) is 72.8 Å². The number of carbonyl (C=O) groups excluding carboxylic acids is 2. The van der Waals surface area contributed by atoms with E-state index in [1.54, 1.807) is 36.4 Å². The number of fused-ring (bicyclic) bond motifs is 1. The Kier molecular flexibility index (Phi) is 10.3. The number of rotatable bonds is 12. The van der Waals surface area contributed by atoms with Crippen LogP contribution < -0.4 is 19.1 Å². The number of carbonyl (C=O) groups is 2. The molecule has 240 valence electrons. The topological polar surface area (TPSA) is 105 Å². The zero-order valence-electron chi connectivity index (χ0n) is 26.3. The number of benzene rings is 4. The van der Waals surface area contributed by atoms with Crippen LogP contribution in [-0.4, -0.2) is 57.0 Å². The lowest BCUT2D eigenvalue weighted by molar-refractivity contribution is -0.140. The van der Waals surface area contributed by atoms with Gasteiger partial charge in [-0.25, -0.2) is 8.42 Å². The van der Waals surface area contributed by atoms with Gasteiger partial charge in [0, 0.05) is 25.1 Å². The first-order chi connectivity index (χ1) is 22.1. The third-order valence-electron chi connectivity index (χ3n) is 7.73. The second-order valence-corrected chi connectivity index (χ2v) is 13.3. The van der Waals surface area contributed by atoms with Gasteiger partial charge in [-0.15, -0.1) is 0 Å². The van der Waals surface area contributed by atoms with Crippen LogP contribution in [0, 0.1) is 6.92 Å². The molecular formula is C36H39N3O6S. The van der Waals surface area contributed by atoms with Crippen molar-refractivity contribution in [3.8, 4) is 11.5 Å². The molecule has 1 aliphatic heterocycles. The molecule has 2 amide bonds. The van der Waals surface area contributed by atoms with Crippen molar-refractivity contribution in [3.63, 3.8) is 0 Å². The average molecular weight is 642 g/mol. The SMILES string of the molecule is Cc1ccccc1CN(C(=O)CN(c1ccc2c(c1)OCCO2)S(=O)(=O)c1ccccc1)[C@@H](Cc1ccccc1)C(=O)NC(C)C. The van der Waals surface area contributed by atoms with Gasteiger partial charge >= 0.3 is 0 Å². The van der Waals surface area contributed by atoms with E-state index in [-0.39, 0.29) is 35.5 Å². The average Bonchev–Trinajstić information content (AvgIpc) is 3.06. The molecule has 0 saturated carbocycles. The lowest BCUT2D eigenvalue weighted by Crippen LogP contribution is -2.54. The molecule has 1 N–H and O–H groups in total. The maximum absolute atomic E-state index is 14.6. The summed E-state index contributed by atoms with van der Waals surface area (Å²) in [5, 5.41) is 2.98. The molecule has 1 atom stereocenters. The maximum atomic E-state index is 14.6. The molecule has 5 rings (SSSR count). The molecule has 0 saturated heterocycles. The van der Waals surface area contributed by atoms with E-state index in [4.69, 9.17) is 9.47 Å². The minimum absolute atomic E-state index is 0.0292. The molecule has 9 nitrogen and oxygen atoms in total. The van der Waals surface area contributed by atoms with E-state index in [9.17, 15) is 18.0 Å². The van der Waals surface area contributed by atoms with Crippen molar-refractivity contribution in [2.75, 3.05) is 24.1 Å². The van der Waals surface area contributed by atoms with Crippen LogP contribution in [0.2, 0.25) is 0 Å². The van der Waals surface area contributed by atoms with Gasteiger partial charge in [-0.05, 0) is 61.7 Å². The summed E-state index contributed by atoms with van der Waals surface area (Å²) < 4.78 is 40.9. The fourth-order valence-electron chi connectivity index (χ4n) is 5.34. The van der Waals surface area contributed by atoms with Crippen LogP contribution >= 0.6 is 0 Å². The summed E-state index contributed by atoms with van der Waals surface area (Å²) in [7, 11) is -4.23. The largest absolute Gasteiger partial charge is 0.486 e. The molecule has 0 spiro atoms. The van der Waals surface area contributed by atoms with E-state index in [0.29, 0.717) is 24.7 Å². The number of hydrogen-bond donors (Lipinski definition) is 1. The highest BCUT2D eigenvalue weighted by molar-refractivity contribution is 7.92. The first-order valence-electron chi connectivity index (χ1n) is 15.3. The molecule has 46 heavy (non-hydrogen) atoms. The molecule has 0 bridgehead atoms. The zero-order chi connectivity index (χ0) is 32.7. The van der Waals surface area contributed by atoms with Crippen LogP contribution in [0.1, 0.15) is 30.5 Å². The fraction of sp³-hybridized carbons (Fsp3) is 0.278. The van der Waals surface area contributed by atoms with Gasteiger partial charge in [0.2, 0.25) is 11.8 Å². The van der Waals surface area contributed by atoms with Gasteiger partial charge in [-0.2, -0.15) is 0 Å². The molecule has 0 unspecified atom stereocenters. The normalized spacial score (nSPS) is 13.1. The maximum Gasteiger partial charge on any atom is 0.264 e. The molecule has 0 aromatic heterocycles.